The molecule has 1 rings (SSSR count). The van der Waals surface area contributed by atoms with Crippen molar-refractivity contribution >= 4 is 29.0 Å². The number of carbonyl (C=O) groups excluding carboxylic acids is 1. The quantitative estimate of drug-likeness (QED) is 0.446. The van der Waals surface area contributed by atoms with Crippen molar-refractivity contribution in [1.29, 1.82) is 0 Å². The van der Waals surface area contributed by atoms with Crippen LogP contribution in [0.2, 0.25) is 10.0 Å². The molecule has 0 aliphatic carbocycles. The van der Waals surface area contributed by atoms with Crippen LogP contribution in [-0.4, -0.2) is 10.8 Å². The average molecular weight is 244 g/mol. The topological polar surface area (TPSA) is 30.0 Å². The molecule has 0 bridgehead atoms. The van der Waals surface area contributed by atoms with Gasteiger partial charge in [-0.3, -0.25) is 9.78 Å². The summed E-state index contributed by atoms with van der Waals surface area (Å²) in [5, 5.41) is 0.744. The Morgan fingerprint density at radius 1 is 1.53 bits per heavy atom. The summed E-state index contributed by atoms with van der Waals surface area (Å²) in [5.41, 5.74) is 0.296. The smallest absolute Gasteiger partial charge is 0.182 e. The van der Waals surface area contributed by atoms with Gasteiger partial charge in [0.15, 0.2) is 5.78 Å². The lowest BCUT2D eigenvalue weighted by Crippen LogP contribution is -2.02. The number of rotatable bonds is 5. The summed E-state index contributed by atoms with van der Waals surface area (Å²) in [6.07, 6.45) is 5.22. The van der Waals surface area contributed by atoms with E-state index in [0.717, 1.165) is 12.8 Å². The van der Waals surface area contributed by atoms with E-state index in [2.05, 4.69) is 11.6 Å². The van der Waals surface area contributed by atoms with E-state index in [1.807, 2.05) is 0 Å². The van der Waals surface area contributed by atoms with Gasteiger partial charge in [-0.1, -0.05) is 29.3 Å². The summed E-state index contributed by atoms with van der Waals surface area (Å²) in [7, 11) is 0. The molecular formula is C11H11Cl2NO. The van der Waals surface area contributed by atoms with Gasteiger partial charge < -0.3 is 0 Å². The zero-order valence-corrected chi connectivity index (χ0v) is 9.68. The zero-order chi connectivity index (χ0) is 11.3. The SMILES string of the molecule is C=CCCCC(=O)c1ncc(Cl)cc1Cl. The number of halogens is 2. The van der Waals surface area contributed by atoms with Crippen LogP contribution in [0.1, 0.15) is 29.8 Å². The highest BCUT2D eigenvalue weighted by atomic mass is 35.5. The molecule has 1 aromatic heterocycles. The molecule has 15 heavy (non-hydrogen) atoms. The fraction of sp³-hybridized carbons (Fsp3) is 0.273. The molecule has 0 aromatic carbocycles. The summed E-state index contributed by atoms with van der Waals surface area (Å²) < 4.78 is 0. The summed E-state index contributed by atoms with van der Waals surface area (Å²) in [5.74, 6) is -0.0569. The molecule has 1 heterocycles. The van der Waals surface area contributed by atoms with E-state index < -0.39 is 0 Å². The van der Waals surface area contributed by atoms with E-state index in [-0.39, 0.29) is 5.78 Å². The Morgan fingerprint density at radius 2 is 2.27 bits per heavy atom. The first-order valence-electron chi connectivity index (χ1n) is 4.60. The standard InChI is InChI=1S/C11H11Cl2NO/c1-2-3-4-5-10(15)11-9(13)6-8(12)7-14-11/h2,6-7H,1,3-5H2. The van der Waals surface area contributed by atoms with Gasteiger partial charge in [0, 0.05) is 12.6 Å². The molecule has 2 nitrogen and oxygen atoms in total. The minimum atomic E-state index is -0.0569. The summed E-state index contributed by atoms with van der Waals surface area (Å²) in [4.78, 5) is 15.5. The lowest BCUT2D eigenvalue weighted by Gasteiger charge is -2.01. The molecule has 4 heteroatoms. The fourth-order valence-corrected chi connectivity index (χ4v) is 1.63. The van der Waals surface area contributed by atoms with Gasteiger partial charge >= 0.3 is 0 Å². The van der Waals surface area contributed by atoms with Crippen LogP contribution < -0.4 is 0 Å². The van der Waals surface area contributed by atoms with Gasteiger partial charge in [0.25, 0.3) is 0 Å². The minimum Gasteiger partial charge on any atom is -0.292 e. The largest absolute Gasteiger partial charge is 0.292 e. The van der Waals surface area contributed by atoms with Gasteiger partial charge in [-0.25, -0.2) is 0 Å². The van der Waals surface area contributed by atoms with Crippen LogP contribution in [0.25, 0.3) is 0 Å². The van der Waals surface area contributed by atoms with Gasteiger partial charge in [0.1, 0.15) is 5.69 Å². The number of nitrogens with zero attached hydrogens (tertiary/aromatic N) is 1. The van der Waals surface area contributed by atoms with Crippen LogP contribution in [0.15, 0.2) is 24.9 Å². The Labute approximate surface area is 98.9 Å². The number of carbonyl (C=O) groups is 1. The van der Waals surface area contributed by atoms with Crippen molar-refractivity contribution in [2.24, 2.45) is 0 Å². The third kappa shape index (κ3) is 3.65. The number of pyridine rings is 1. The van der Waals surface area contributed by atoms with Crippen molar-refractivity contribution in [3.63, 3.8) is 0 Å². The Morgan fingerprint density at radius 3 is 2.87 bits per heavy atom. The number of allylic oxidation sites excluding steroid dienone is 1. The van der Waals surface area contributed by atoms with Crippen molar-refractivity contribution in [2.75, 3.05) is 0 Å². The number of unbranched alkanes of at least 4 members (excludes halogenated alkanes) is 1. The van der Waals surface area contributed by atoms with E-state index in [1.165, 1.54) is 12.3 Å². The molecule has 1 aromatic rings. The number of aromatic nitrogens is 1. The third-order valence-corrected chi connectivity index (χ3v) is 2.38. The molecule has 0 N–H and O–H groups in total. The van der Waals surface area contributed by atoms with Gasteiger partial charge in [-0.15, -0.1) is 6.58 Å². The Kier molecular flexibility index (Phi) is 4.79. The van der Waals surface area contributed by atoms with E-state index in [1.54, 1.807) is 6.08 Å². The number of hydrogen-bond donors (Lipinski definition) is 0. The highest BCUT2D eigenvalue weighted by molar-refractivity contribution is 6.36. The first kappa shape index (κ1) is 12.2. The summed E-state index contributed by atoms with van der Waals surface area (Å²) in [6.45, 7) is 3.59. The van der Waals surface area contributed by atoms with Crippen LogP contribution in [0, 0.1) is 0 Å². The maximum absolute atomic E-state index is 11.6. The minimum absolute atomic E-state index is 0.0569. The highest BCUT2D eigenvalue weighted by Gasteiger charge is 2.11. The first-order chi connectivity index (χ1) is 7.15. The molecule has 0 radical (unpaired) electrons. The number of hydrogen-bond acceptors (Lipinski definition) is 2. The fourth-order valence-electron chi connectivity index (χ4n) is 1.15. The van der Waals surface area contributed by atoms with Gasteiger partial charge in [-0.05, 0) is 18.9 Å². The van der Waals surface area contributed by atoms with Crippen molar-refractivity contribution in [3.8, 4) is 0 Å². The highest BCUT2D eigenvalue weighted by Crippen LogP contribution is 2.20. The molecule has 0 saturated heterocycles. The normalized spacial score (nSPS) is 10.0. The first-order valence-corrected chi connectivity index (χ1v) is 5.36. The molecule has 0 unspecified atom stereocenters. The second-order valence-electron chi connectivity index (χ2n) is 3.09. The van der Waals surface area contributed by atoms with Gasteiger partial charge in [0.2, 0.25) is 0 Å². The zero-order valence-electron chi connectivity index (χ0n) is 8.17. The second-order valence-corrected chi connectivity index (χ2v) is 3.93. The van der Waals surface area contributed by atoms with Crippen molar-refractivity contribution in [1.82, 2.24) is 4.98 Å². The summed E-state index contributed by atoms with van der Waals surface area (Å²) in [6, 6.07) is 1.52. The Balaban J connectivity index is 2.69. The molecular weight excluding hydrogens is 233 g/mol. The van der Waals surface area contributed by atoms with Crippen LogP contribution in [0.4, 0.5) is 0 Å². The van der Waals surface area contributed by atoms with Crippen molar-refractivity contribution < 1.29 is 4.79 Å². The maximum atomic E-state index is 11.6. The molecule has 0 aliphatic heterocycles. The molecule has 0 spiro atoms. The molecule has 80 valence electrons. The third-order valence-electron chi connectivity index (χ3n) is 1.88. The number of Topliss-reactive ketones (excluding diaryl/α,β-unsaturated/α-hetero) is 1. The van der Waals surface area contributed by atoms with E-state index in [0.29, 0.717) is 22.2 Å². The molecule has 0 amide bonds. The van der Waals surface area contributed by atoms with Crippen LogP contribution in [-0.2, 0) is 0 Å². The second kappa shape index (κ2) is 5.89. The molecule has 0 aliphatic rings. The predicted molar refractivity (Wildman–Crippen MR) is 62.6 cm³/mol. The van der Waals surface area contributed by atoms with E-state index in [4.69, 9.17) is 23.2 Å². The Hall–Kier alpha value is -0.860. The lowest BCUT2D eigenvalue weighted by atomic mass is 10.1. The molecule has 0 atom stereocenters. The van der Waals surface area contributed by atoms with Gasteiger partial charge in [0.05, 0.1) is 10.0 Å². The van der Waals surface area contributed by atoms with Crippen LogP contribution in [0.3, 0.4) is 0 Å². The number of ketones is 1. The van der Waals surface area contributed by atoms with E-state index in [9.17, 15) is 4.79 Å². The summed E-state index contributed by atoms with van der Waals surface area (Å²) >= 11 is 11.5. The molecule has 0 fully saturated rings. The predicted octanol–water partition coefficient (Wildman–Crippen LogP) is 3.93. The lowest BCUT2D eigenvalue weighted by molar-refractivity contribution is 0.0976. The van der Waals surface area contributed by atoms with Crippen LogP contribution in [0.5, 0.6) is 0 Å². The average Bonchev–Trinajstić information content (AvgIpc) is 2.17. The van der Waals surface area contributed by atoms with Crippen LogP contribution >= 0.6 is 23.2 Å². The monoisotopic (exact) mass is 243 g/mol. The van der Waals surface area contributed by atoms with E-state index >= 15 is 0 Å². The maximum Gasteiger partial charge on any atom is 0.182 e. The van der Waals surface area contributed by atoms with Crippen molar-refractivity contribution in [2.45, 2.75) is 19.3 Å². The van der Waals surface area contributed by atoms with Crippen molar-refractivity contribution in [3.05, 3.63) is 40.7 Å². The Bertz CT molecular complexity index is 377. The molecule has 0 saturated carbocycles. The van der Waals surface area contributed by atoms with Gasteiger partial charge in [-0.2, -0.15) is 0 Å².